The highest BCUT2D eigenvalue weighted by Crippen LogP contribution is 2.38. The van der Waals surface area contributed by atoms with Gasteiger partial charge >= 0.3 is 0 Å². The summed E-state index contributed by atoms with van der Waals surface area (Å²) in [4.78, 5) is 16.2. The fourth-order valence-electron chi connectivity index (χ4n) is 2.60. The van der Waals surface area contributed by atoms with Crippen LogP contribution in [0, 0.1) is 5.92 Å². The molecule has 1 amide bonds. The van der Waals surface area contributed by atoms with E-state index >= 15 is 0 Å². The number of aromatic nitrogens is 1. The summed E-state index contributed by atoms with van der Waals surface area (Å²) >= 11 is 0. The van der Waals surface area contributed by atoms with Gasteiger partial charge in [-0.3, -0.25) is 15.6 Å². The number of hydrazine groups is 1. The lowest BCUT2D eigenvalue weighted by Crippen LogP contribution is -2.41. The number of ether oxygens (including phenoxy) is 1. The third-order valence-corrected chi connectivity index (χ3v) is 3.76. The molecule has 2 fully saturated rings. The maximum Gasteiger partial charge on any atom is 0.255 e. The Bertz CT molecular complexity index is 475. The largest absolute Gasteiger partial charge is 0.376 e. The fraction of sp³-hybridized carbons (Fsp3) is 0.538. The Morgan fingerprint density at radius 2 is 2.26 bits per heavy atom. The van der Waals surface area contributed by atoms with Crippen LogP contribution in [0.15, 0.2) is 18.5 Å². The zero-order chi connectivity index (χ0) is 13.2. The van der Waals surface area contributed by atoms with Crippen molar-refractivity contribution in [2.24, 2.45) is 11.8 Å². The van der Waals surface area contributed by atoms with E-state index in [-0.39, 0.29) is 18.1 Å². The average molecular weight is 262 g/mol. The van der Waals surface area contributed by atoms with Gasteiger partial charge < -0.3 is 15.5 Å². The van der Waals surface area contributed by atoms with Gasteiger partial charge in [0.2, 0.25) is 0 Å². The average Bonchev–Trinajstić information content (AvgIpc) is 3.19. The normalized spacial score (nSPS) is 26.2. The van der Waals surface area contributed by atoms with Gasteiger partial charge in [-0.15, -0.1) is 0 Å². The number of nitrogens with one attached hydrogen (secondary N) is 2. The second-order valence-corrected chi connectivity index (χ2v) is 5.11. The fourth-order valence-corrected chi connectivity index (χ4v) is 2.60. The van der Waals surface area contributed by atoms with Crippen LogP contribution >= 0.6 is 0 Å². The van der Waals surface area contributed by atoms with Crippen LogP contribution in [0.5, 0.6) is 0 Å². The molecule has 102 valence electrons. The first-order valence-corrected chi connectivity index (χ1v) is 6.62. The van der Waals surface area contributed by atoms with Gasteiger partial charge in [0.15, 0.2) is 0 Å². The molecule has 6 nitrogen and oxygen atoms in total. The molecule has 2 heterocycles. The van der Waals surface area contributed by atoms with Gasteiger partial charge in [-0.2, -0.15) is 0 Å². The first-order chi connectivity index (χ1) is 9.29. The zero-order valence-corrected chi connectivity index (χ0v) is 10.6. The molecule has 19 heavy (non-hydrogen) atoms. The molecule has 2 unspecified atom stereocenters. The maximum absolute atomic E-state index is 12.3. The summed E-state index contributed by atoms with van der Waals surface area (Å²) in [6.07, 6.45) is 6.58. The minimum Gasteiger partial charge on any atom is -0.376 e. The molecule has 1 aliphatic carbocycles. The lowest BCUT2D eigenvalue weighted by Gasteiger charge is -2.20. The van der Waals surface area contributed by atoms with E-state index in [2.05, 4.69) is 15.7 Å². The van der Waals surface area contributed by atoms with E-state index in [9.17, 15) is 4.79 Å². The molecule has 0 aromatic carbocycles. The number of hydrogen-bond acceptors (Lipinski definition) is 5. The zero-order valence-electron chi connectivity index (χ0n) is 10.6. The minimum atomic E-state index is -0.151. The third-order valence-electron chi connectivity index (χ3n) is 3.76. The van der Waals surface area contributed by atoms with Crippen molar-refractivity contribution >= 4 is 11.6 Å². The van der Waals surface area contributed by atoms with Gasteiger partial charge in [-0.1, -0.05) is 0 Å². The van der Waals surface area contributed by atoms with Crippen molar-refractivity contribution in [3.05, 3.63) is 24.0 Å². The molecule has 1 aromatic rings. The topological polar surface area (TPSA) is 89.3 Å². The molecule has 1 aromatic heterocycles. The number of pyridine rings is 1. The second kappa shape index (κ2) is 5.14. The maximum atomic E-state index is 12.3. The Morgan fingerprint density at radius 1 is 1.42 bits per heavy atom. The van der Waals surface area contributed by atoms with Crippen molar-refractivity contribution in [3.8, 4) is 0 Å². The molecular weight excluding hydrogens is 244 g/mol. The van der Waals surface area contributed by atoms with Crippen LogP contribution in [-0.4, -0.2) is 29.6 Å². The minimum absolute atomic E-state index is 0.103. The highest BCUT2D eigenvalue weighted by molar-refractivity contribution is 5.99. The molecule has 0 radical (unpaired) electrons. The number of nitrogens with two attached hydrogens (primary N) is 1. The summed E-state index contributed by atoms with van der Waals surface area (Å²) in [6, 6.07) is 1.78. The van der Waals surface area contributed by atoms with Crippen LogP contribution < -0.4 is 16.6 Å². The van der Waals surface area contributed by atoms with Gasteiger partial charge in [-0.05, 0) is 31.2 Å². The second-order valence-electron chi connectivity index (χ2n) is 5.11. The Kier molecular flexibility index (Phi) is 3.35. The van der Waals surface area contributed by atoms with E-state index in [0.29, 0.717) is 17.2 Å². The molecule has 1 saturated carbocycles. The predicted octanol–water partition coefficient (Wildman–Crippen LogP) is 0.664. The standard InChI is InChI=1S/C13H18N4O2/c14-17-10-3-5-15-7-9(10)13(18)16-11-4-6-19-12(11)8-1-2-8/h3,5,7-8,11-12H,1-2,4,6,14H2,(H,15,17)(H,16,18). The van der Waals surface area contributed by atoms with Crippen molar-refractivity contribution in [1.82, 2.24) is 10.3 Å². The highest BCUT2D eigenvalue weighted by Gasteiger charge is 2.41. The molecular formula is C13H18N4O2. The summed E-state index contributed by atoms with van der Waals surface area (Å²) in [6.45, 7) is 0.723. The highest BCUT2D eigenvalue weighted by atomic mass is 16.5. The Hall–Kier alpha value is -1.66. The molecule has 1 saturated heterocycles. The SMILES string of the molecule is NNc1ccncc1C(=O)NC1CCOC1C1CC1. The first-order valence-electron chi connectivity index (χ1n) is 6.62. The summed E-state index contributed by atoms with van der Waals surface area (Å²) in [7, 11) is 0. The van der Waals surface area contributed by atoms with E-state index in [0.717, 1.165) is 13.0 Å². The summed E-state index contributed by atoms with van der Waals surface area (Å²) < 4.78 is 5.71. The van der Waals surface area contributed by atoms with Crippen LogP contribution in [0.3, 0.4) is 0 Å². The van der Waals surface area contributed by atoms with E-state index in [1.54, 1.807) is 12.3 Å². The number of carbonyl (C=O) groups is 1. The monoisotopic (exact) mass is 262 g/mol. The molecule has 2 aliphatic rings. The Balaban J connectivity index is 1.70. The van der Waals surface area contributed by atoms with Crippen LogP contribution in [-0.2, 0) is 4.74 Å². The van der Waals surface area contributed by atoms with Crippen molar-refractivity contribution in [3.63, 3.8) is 0 Å². The number of rotatable bonds is 4. The number of nitrogens with zero attached hydrogens (tertiary/aromatic N) is 1. The number of nitrogen functional groups attached to an aromatic ring is 1. The molecule has 2 atom stereocenters. The van der Waals surface area contributed by atoms with Crippen LogP contribution in [0.1, 0.15) is 29.6 Å². The van der Waals surface area contributed by atoms with Gasteiger partial charge in [0, 0.05) is 19.0 Å². The molecule has 1 aliphatic heterocycles. The van der Waals surface area contributed by atoms with E-state index in [4.69, 9.17) is 10.6 Å². The van der Waals surface area contributed by atoms with Crippen LogP contribution in [0.4, 0.5) is 5.69 Å². The summed E-state index contributed by atoms with van der Waals surface area (Å²) in [5, 5.41) is 3.04. The van der Waals surface area contributed by atoms with Crippen LogP contribution in [0.25, 0.3) is 0 Å². The Labute approximate surface area is 111 Å². The lowest BCUT2D eigenvalue weighted by atomic mass is 10.1. The van der Waals surface area contributed by atoms with E-state index in [1.807, 2.05) is 0 Å². The van der Waals surface area contributed by atoms with Gasteiger partial charge in [0.25, 0.3) is 5.91 Å². The quantitative estimate of drug-likeness (QED) is 0.548. The van der Waals surface area contributed by atoms with Crippen molar-refractivity contribution < 1.29 is 9.53 Å². The van der Waals surface area contributed by atoms with E-state index in [1.165, 1.54) is 19.0 Å². The van der Waals surface area contributed by atoms with Crippen molar-refractivity contribution in [1.29, 1.82) is 0 Å². The van der Waals surface area contributed by atoms with Gasteiger partial charge in [-0.25, -0.2) is 0 Å². The van der Waals surface area contributed by atoms with Gasteiger partial charge in [0.05, 0.1) is 23.4 Å². The van der Waals surface area contributed by atoms with Crippen LogP contribution in [0.2, 0.25) is 0 Å². The summed E-state index contributed by atoms with van der Waals surface area (Å²) in [5.74, 6) is 5.87. The lowest BCUT2D eigenvalue weighted by molar-refractivity contribution is 0.0730. The molecule has 0 bridgehead atoms. The number of amides is 1. The molecule has 3 rings (SSSR count). The first kappa shape index (κ1) is 12.4. The summed E-state index contributed by atoms with van der Waals surface area (Å²) in [5.41, 5.74) is 3.56. The number of hydrogen-bond donors (Lipinski definition) is 3. The molecule has 4 N–H and O–H groups in total. The van der Waals surface area contributed by atoms with Gasteiger partial charge in [0.1, 0.15) is 0 Å². The number of carbonyl (C=O) groups excluding carboxylic acids is 1. The van der Waals surface area contributed by atoms with Crippen molar-refractivity contribution in [2.75, 3.05) is 12.0 Å². The third kappa shape index (κ3) is 2.54. The predicted molar refractivity (Wildman–Crippen MR) is 70.4 cm³/mol. The number of anilines is 1. The smallest absolute Gasteiger partial charge is 0.255 e. The molecule has 0 spiro atoms. The molecule has 6 heteroatoms. The Morgan fingerprint density at radius 3 is 3.00 bits per heavy atom. The van der Waals surface area contributed by atoms with Crippen molar-refractivity contribution in [2.45, 2.75) is 31.4 Å². The van der Waals surface area contributed by atoms with E-state index < -0.39 is 0 Å².